The number of amides is 1. The van der Waals surface area contributed by atoms with Crippen molar-refractivity contribution in [1.82, 2.24) is 4.90 Å². The number of carbonyl (C=O) groups excluding carboxylic acids is 1. The lowest BCUT2D eigenvalue weighted by Gasteiger charge is -2.31. The largest absolute Gasteiger partial charge is 0.381 e. The summed E-state index contributed by atoms with van der Waals surface area (Å²) in [4.78, 5) is 14.0. The van der Waals surface area contributed by atoms with E-state index in [1.807, 2.05) is 18.7 Å². The van der Waals surface area contributed by atoms with E-state index in [9.17, 15) is 4.79 Å². The summed E-state index contributed by atoms with van der Waals surface area (Å²) in [5.74, 6) is 0.184. The molecule has 1 aliphatic rings. The van der Waals surface area contributed by atoms with Gasteiger partial charge in [-0.3, -0.25) is 4.79 Å². The van der Waals surface area contributed by atoms with Crippen molar-refractivity contribution >= 4 is 5.91 Å². The Bertz CT molecular complexity index is 202. The van der Waals surface area contributed by atoms with Gasteiger partial charge in [0.15, 0.2) is 0 Å². The van der Waals surface area contributed by atoms with Gasteiger partial charge in [-0.15, -0.1) is 0 Å². The topological polar surface area (TPSA) is 38.8 Å². The molecule has 1 heterocycles. The molecule has 0 bridgehead atoms. The Hall–Kier alpha value is -0.610. The summed E-state index contributed by atoms with van der Waals surface area (Å²) in [7, 11) is 1.65. The third-order valence-corrected chi connectivity index (χ3v) is 3.02. The SMILES string of the molecule is CC[C@H](C(=O)N1CCOCC1)[C@@H](C)OC. The van der Waals surface area contributed by atoms with Gasteiger partial charge in [-0.05, 0) is 13.3 Å². The first-order valence-electron chi connectivity index (χ1n) is 5.60. The van der Waals surface area contributed by atoms with Gasteiger partial charge in [-0.2, -0.15) is 0 Å². The first kappa shape index (κ1) is 12.5. The average molecular weight is 215 g/mol. The molecular formula is C11H21NO3. The van der Waals surface area contributed by atoms with Crippen LogP contribution in [0.4, 0.5) is 0 Å². The molecule has 4 heteroatoms. The van der Waals surface area contributed by atoms with Crippen LogP contribution >= 0.6 is 0 Å². The second-order valence-electron chi connectivity index (χ2n) is 3.89. The van der Waals surface area contributed by atoms with Gasteiger partial charge >= 0.3 is 0 Å². The van der Waals surface area contributed by atoms with E-state index in [0.29, 0.717) is 26.3 Å². The van der Waals surface area contributed by atoms with Crippen LogP contribution < -0.4 is 0 Å². The van der Waals surface area contributed by atoms with Crippen molar-refractivity contribution in [3.05, 3.63) is 0 Å². The van der Waals surface area contributed by atoms with Gasteiger partial charge in [0.2, 0.25) is 5.91 Å². The van der Waals surface area contributed by atoms with E-state index in [-0.39, 0.29) is 17.9 Å². The molecule has 0 aliphatic carbocycles. The predicted octanol–water partition coefficient (Wildman–Crippen LogP) is 0.906. The number of hydrogen-bond donors (Lipinski definition) is 0. The molecule has 4 nitrogen and oxygen atoms in total. The summed E-state index contributed by atoms with van der Waals surface area (Å²) in [6, 6.07) is 0. The molecule has 0 spiro atoms. The minimum absolute atomic E-state index is 0.00894. The van der Waals surface area contributed by atoms with Gasteiger partial charge in [0, 0.05) is 20.2 Å². The summed E-state index contributed by atoms with van der Waals surface area (Å²) in [6.45, 7) is 6.72. The number of rotatable bonds is 4. The Morgan fingerprint density at radius 2 is 2.07 bits per heavy atom. The van der Waals surface area contributed by atoms with Crippen LogP contribution in [0.2, 0.25) is 0 Å². The smallest absolute Gasteiger partial charge is 0.228 e. The van der Waals surface area contributed by atoms with Crippen molar-refractivity contribution in [3.8, 4) is 0 Å². The van der Waals surface area contributed by atoms with Crippen molar-refractivity contribution in [1.29, 1.82) is 0 Å². The lowest BCUT2D eigenvalue weighted by Crippen LogP contribution is -2.46. The maximum absolute atomic E-state index is 12.1. The number of morpholine rings is 1. The monoisotopic (exact) mass is 215 g/mol. The van der Waals surface area contributed by atoms with Gasteiger partial charge in [0.05, 0.1) is 25.2 Å². The maximum atomic E-state index is 12.1. The summed E-state index contributed by atoms with van der Waals surface area (Å²) in [5, 5.41) is 0. The molecule has 1 fully saturated rings. The fourth-order valence-electron chi connectivity index (χ4n) is 1.89. The molecule has 0 saturated carbocycles. The minimum atomic E-state index is -0.0203. The Kier molecular flexibility index (Phi) is 5.05. The van der Waals surface area contributed by atoms with Gasteiger partial charge < -0.3 is 14.4 Å². The molecule has 0 N–H and O–H groups in total. The normalized spacial score (nSPS) is 21.1. The predicted molar refractivity (Wildman–Crippen MR) is 57.7 cm³/mol. The second-order valence-corrected chi connectivity index (χ2v) is 3.89. The van der Waals surface area contributed by atoms with E-state index in [2.05, 4.69) is 0 Å². The van der Waals surface area contributed by atoms with Crippen molar-refractivity contribution in [2.75, 3.05) is 33.4 Å². The summed E-state index contributed by atoms with van der Waals surface area (Å²) >= 11 is 0. The molecule has 15 heavy (non-hydrogen) atoms. The molecule has 0 aromatic rings. The third-order valence-electron chi connectivity index (χ3n) is 3.02. The highest BCUT2D eigenvalue weighted by Crippen LogP contribution is 2.15. The number of ether oxygens (including phenoxy) is 2. The van der Waals surface area contributed by atoms with Crippen LogP contribution in [0.3, 0.4) is 0 Å². The minimum Gasteiger partial charge on any atom is -0.381 e. The maximum Gasteiger partial charge on any atom is 0.228 e. The summed E-state index contributed by atoms with van der Waals surface area (Å²) in [6.07, 6.45) is 0.816. The first-order valence-corrected chi connectivity index (χ1v) is 5.60. The van der Waals surface area contributed by atoms with Crippen molar-refractivity contribution in [2.24, 2.45) is 5.92 Å². The molecule has 1 saturated heterocycles. The molecule has 0 radical (unpaired) electrons. The molecule has 88 valence electrons. The Morgan fingerprint density at radius 1 is 1.47 bits per heavy atom. The van der Waals surface area contributed by atoms with Crippen LogP contribution in [0.5, 0.6) is 0 Å². The molecule has 0 aromatic heterocycles. The van der Waals surface area contributed by atoms with Crippen LogP contribution in [0.1, 0.15) is 20.3 Å². The first-order chi connectivity index (χ1) is 7.20. The number of carbonyl (C=O) groups is 1. The van der Waals surface area contributed by atoms with Crippen molar-refractivity contribution < 1.29 is 14.3 Å². The fourth-order valence-corrected chi connectivity index (χ4v) is 1.89. The molecule has 1 amide bonds. The Balaban J connectivity index is 2.54. The van der Waals surface area contributed by atoms with E-state index in [1.165, 1.54) is 0 Å². The Labute approximate surface area is 91.5 Å². The standard InChI is InChI=1S/C11H21NO3/c1-4-10(9(2)14-3)11(13)12-5-7-15-8-6-12/h9-10H,4-8H2,1-3H3/t9-,10+/m1/s1. The van der Waals surface area contributed by atoms with E-state index in [1.54, 1.807) is 7.11 Å². The van der Waals surface area contributed by atoms with Crippen LogP contribution in [-0.2, 0) is 14.3 Å². The highest BCUT2D eigenvalue weighted by molar-refractivity contribution is 5.79. The quantitative estimate of drug-likeness (QED) is 0.699. The Morgan fingerprint density at radius 3 is 2.53 bits per heavy atom. The van der Waals surface area contributed by atoms with E-state index >= 15 is 0 Å². The lowest BCUT2D eigenvalue weighted by atomic mass is 9.98. The van der Waals surface area contributed by atoms with Crippen LogP contribution in [-0.4, -0.2) is 50.3 Å². The van der Waals surface area contributed by atoms with Gasteiger partial charge in [-0.1, -0.05) is 6.92 Å². The zero-order valence-electron chi connectivity index (χ0n) is 9.86. The average Bonchev–Trinajstić information content (AvgIpc) is 2.30. The summed E-state index contributed by atoms with van der Waals surface area (Å²) in [5.41, 5.74) is 0. The van der Waals surface area contributed by atoms with Crippen LogP contribution in [0.15, 0.2) is 0 Å². The lowest BCUT2D eigenvalue weighted by molar-refractivity contribution is -0.144. The molecular weight excluding hydrogens is 194 g/mol. The number of hydrogen-bond acceptors (Lipinski definition) is 3. The van der Waals surface area contributed by atoms with E-state index in [4.69, 9.17) is 9.47 Å². The molecule has 1 rings (SSSR count). The summed E-state index contributed by atoms with van der Waals surface area (Å²) < 4.78 is 10.5. The molecule has 2 atom stereocenters. The van der Waals surface area contributed by atoms with Gasteiger partial charge in [-0.25, -0.2) is 0 Å². The third kappa shape index (κ3) is 3.18. The molecule has 0 aromatic carbocycles. The van der Waals surface area contributed by atoms with Gasteiger partial charge in [0.1, 0.15) is 0 Å². The number of nitrogens with zero attached hydrogens (tertiary/aromatic N) is 1. The molecule has 1 aliphatic heterocycles. The highest BCUT2D eigenvalue weighted by atomic mass is 16.5. The molecule has 0 unspecified atom stereocenters. The highest BCUT2D eigenvalue weighted by Gasteiger charge is 2.28. The van der Waals surface area contributed by atoms with E-state index in [0.717, 1.165) is 6.42 Å². The zero-order valence-corrected chi connectivity index (χ0v) is 9.86. The zero-order chi connectivity index (χ0) is 11.3. The van der Waals surface area contributed by atoms with Crippen molar-refractivity contribution in [2.45, 2.75) is 26.4 Å². The van der Waals surface area contributed by atoms with Crippen LogP contribution in [0, 0.1) is 5.92 Å². The number of methoxy groups -OCH3 is 1. The van der Waals surface area contributed by atoms with E-state index < -0.39 is 0 Å². The fraction of sp³-hybridized carbons (Fsp3) is 0.909. The van der Waals surface area contributed by atoms with Crippen molar-refractivity contribution in [3.63, 3.8) is 0 Å². The second kappa shape index (κ2) is 6.08. The van der Waals surface area contributed by atoms with Crippen LogP contribution in [0.25, 0.3) is 0 Å². The van der Waals surface area contributed by atoms with Gasteiger partial charge in [0.25, 0.3) is 0 Å².